The van der Waals surface area contributed by atoms with Crippen molar-refractivity contribution in [2.45, 2.75) is 41.0 Å². The summed E-state index contributed by atoms with van der Waals surface area (Å²) in [5, 5.41) is 0. The first-order valence-corrected chi connectivity index (χ1v) is 4.35. The summed E-state index contributed by atoms with van der Waals surface area (Å²) in [5.41, 5.74) is 0. The maximum atomic E-state index is 10.1. The van der Waals surface area contributed by atoms with Gasteiger partial charge in [-0.25, -0.2) is 0 Å². The predicted molar refractivity (Wildman–Crippen MR) is 51.0 cm³/mol. The van der Waals surface area contributed by atoms with Crippen molar-refractivity contribution in [1.82, 2.24) is 0 Å². The monoisotopic (exact) mass is 172 g/mol. The SMILES string of the molecule is CC(=O)C(C)C.CC(C)CC=O. The van der Waals surface area contributed by atoms with Gasteiger partial charge in [0.2, 0.25) is 0 Å². The Labute approximate surface area is 75.4 Å². The fourth-order valence-corrected chi connectivity index (χ4v) is 0.192. The molecule has 0 bridgehead atoms. The van der Waals surface area contributed by atoms with E-state index in [0.717, 1.165) is 6.29 Å². The minimum absolute atomic E-state index is 0.213. The van der Waals surface area contributed by atoms with Gasteiger partial charge in [-0.1, -0.05) is 27.7 Å². The van der Waals surface area contributed by atoms with Gasteiger partial charge in [0.05, 0.1) is 0 Å². The Morgan fingerprint density at radius 2 is 1.58 bits per heavy atom. The molecule has 2 heteroatoms. The standard InChI is InChI=1S/2C5H10O/c1-5(2)3-4-6;1-4(2)5(3)6/h4-5H,3H2,1-2H3;4H,1-3H3. The first-order valence-electron chi connectivity index (χ1n) is 4.35. The molecule has 2 nitrogen and oxygen atoms in total. The lowest BCUT2D eigenvalue weighted by Crippen LogP contribution is -1.98. The number of ketones is 1. The smallest absolute Gasteiger partial charge is 0.132 e. The molecule has 0 heterocycles. The summed E-state index contributed by atoms with van der Waals surface area (Å²) in [7, 11) is 0. The molecule has 0 aromatic rings. The number of rotatable bonds is 3. The van der Waals surface area contributed by atoms with Crippen molar-refractivity contribution >= 4 is 12.1 Å². The molecule has 0 rings (SSSR count). The van der Waals surface area contributed by atoms with Crippen molar-refractivity contribution in [2.24, 2.45) is 11.8 Å². The molecule has 0 atom stereocenters. The van der Waals surface area contributed by atoms with Crippen molar-refractivity contribution in [2.75, 3.05) is 0 Å². The lowest BCUT2D eigenvalue weighted by atomic mass is 10.1. The van der Waals surface area contributed by atoms with E-state index >= 15 is 0 Å². The molecule has 0 saturated heterocycles. The van der Waals surface area contributed by atoms with E-state index < -0.39 is 0 Å². The summed E-state index contributed by atoms with van der Waals surface area (Å²) >= 11 is 0. The van der Waals surface area contributed by atoms with E-state index in [1.807, 2.05) is 27.7 Å². The highest BCUT2D eigenvalue weighted by molar-refractivity contribution is 5.77. The first-order chi connectivity index (χ1) is 5.41. The number of carbonyl (C=O) groups is 2. The van der Waals surface area contributed by atoms with Crippen molar-refractivity contribution in [1.29, 1.82) is 0 Å². The molecule has 0 unspecified atom stereocenters. The van der Waals surface area contributed by atoms with Gasteiger partial charge in [-0.15, -0.1) is 0 Å². The van der Waals surface area contributed by atoms with Gasteiger partial charge in [-0.05, 0) is 12.8 Å². The second kappa shape index (κ2) is 8.44. The zero-order valence-electron chi connectivity index (χ0n) is 8.76. The average molecular weight is 172 g/mol. The Balaban J connectivity index is 0. The summed E-state index contributed by atoms with van der Waals surface area (Å²) in [6.07, 6.45) is 1.64. The van der Waals surface area contributed by atoms with Crippen LogP contribution in [0.2, 0.25) is 0 Å². The van der Waals surface area contributed by atoms with Crippen molar-refractivity contribution in [3.05, 3.63) is 0 Å². The Morgan fingerprint density at radius 3 is 1.58 bits per heavy atom. The third-order valence-corrected chi connectivity index (χ3v) is 1.38. The number of hydrogen-bond donors (Lipinski definition) is 0. The van der Waals surface area contributed by atoms with E-state index in [1.165, 1.54) is 0 Å². The summed E-state index contributed by atoms with van der Waals surface area (Å²) in [5.74, 6) is 1.00. The van der Waals surface area contributed by atoms with Crippen LogP contribution < -0.4 is 0 Å². The summed E-state index contributed by atoms with van der Waals surface area (Å²) in [6, 6.07) is 0. The quantitative estimate of drug-likeness (QED) is 0.613. The van der Waals surface area contributed by atoms with E-state index in [1.54, 1.807) is 6.92 Å². The highest BCUT2D eigenvalue weighted by Gasteiger charge is 1.95. The summed E-state index contributed by atoms with van der Waals surface area (Å²) in [4.78, 5) is 19.8. The van der Waals surface area contributed by atoms with E-state index in [2.05, 4.69) is 0 Å². The second-order valence-electron chi connectivity index (χ2n) is 3.56. The second-order valence-corrected chi connectivity index (χ2v) is 3.56. The molecular weight excluding hydrogens is 152 g/mol. The molecule has 0 spiro atoms. The van der Waals surface area contributed by atoms with Crippen LogP contribution in [0.5, 0.6) is 0 Å². The van der Waals surface area contributed by atoms with Gasteiger partial charge in [0.15, 0.2) is 0 Å². The molecule has 0 aliphatic heterocycles. The molecular formula is C10H20O2. The molecule has 0 aromatic heterocycles. The van der Waals surface area contributed by atoms with Crippen LogP contribution in [0.15, 0.2) is 0 Å². The van der Waals surface area contributed by atoms with Crippen LogP contribution in [0.1, 0.15) is 41.0 Å². The van der Waals surface area contributed by atoms with E-state index in [4.69, 9.17) is 0 Å². The van der Waals surface area contributed by atoms with Crippen LogP contribution in [0, 0.1) is 11.8 Å². The van der Waals surface area contributed by atoms with Crippen molar-refractivity contribution in [3.63, 3.8) is 0 Å². The number of hydrogen-bond acceptors (Lipinski definition) is 2. The minimum atomic E-state index is 0.213. The lowest BCUT2D eigenvalue weighted by molar-refractivity contribution is -0.119. The van der Waals surface area contributed by atoms with Gasteiger partial charge in [0.25, 0.3) is 0 Å². The Morgan fingerprint density at radius 1 is 1.25 bits per heavy atom. The molecule has 0 aliphatic carbocycles. The predicted octanol–water partition coefficient (Wildman–Crippen LogP) is 2.46. The topological polar surface area (TPSA) is 34.1 Å². The largest absolute Gasteiger partial charge is 0.303 e. The Bertz CT molecular complexity index is 126. The maximum absolute atomic E-state index is 10.1. The molecule has 0 amide bonds. The molecule has 12 heavy (non-hydrogen) atoms. The first kappa shape index (κ1) is 13.9. The summed E-state index contributed by atoms with van der Waals surface area (Å²) < 4.78 is 0. The van der Waals surface area contributed by atoms with Crippen LogP contribution in [0.25, 0.3) is 0 Å². The Hall–Kier alpha value is -0.660. The molecule has 0 aromatic carbocycles. The van der Waals surface area contributed by atoms with E-state index in [-0.39, 0.29) is 11.7 Å². The lowest BCUT2D eigenvalue weighted by Gasteiger charge is -1.90. The molecule has 0 fully saturated rings. The molecule has 72 valence electrons. The number of Topliss-reactive ketones (excluding diaryl/α,β-unsaturated/α-hetero) is 1. The summed E-state index contributed by atoms with van der Waals surface area (Å²) in [6.45, 7) is 9.43. The van der Waals surface area contributed by atoms with Gasteiger partial charge in [-0.2, -0.15) is 0 Å². The van der Waals surface area contributed by atoms with Gasteiger partial charge >= 0.3 is 0 Å². The van der Waals surface area contributed by atoms with Gasteiger partial charge in [0.1, 0.15) is 12.1 Å². The molecule has 0 saturated carbocycles. The fraction of sp³-hybridized carbons (Fsp3) is 0.800. The van der Waals surface area contributed by atoms with Gasteiger partial charge < -0.3 is 4.79 Å². The molecule has 0 N–H and O–H groups in total. The van der Waals surface area contributed by atoms with E-state index in [9.17, 15) is 9.59 Å². The van der Waals surface area contributed by atoms with Gasteiger partial charge in [0, 0.05) is 12.3 Å². The van der Waals surface area contributed by atoms with Crippen LogP contribution in [-0.2, 0) is 9.59 Å². The van der Waals surface area contributed by atoms with E-state index in [0.29, 0.717) is 12.3 Å². The normalized spacial score (nSPS) is 9.25. The third-order valence-electron chi connectivity index (χ3n) is 1.38. The zero-order chi connectivity index (χ0) is 10.1. The Kier molecular flexibility index (Phi) is 9.77. The van der Waals surface area contributed by atoms with Crippen LogP contribution in [0.4, 0.5) is 0 Å². The van der Waals surface area contributed by atoms with Crippen LogP contribution >= 0.6 is 0 Å². The number of aldehydes is 1. The van der Waals surface area contributed by atoms with Gasteiger partial charge in [-0.3, -0.25) is 4.79 Å². The zero-order valence-corrected chi connectivity index (χ0v) is 8.76. The van der Waals surface area contributed by atoms with Crippen LogP contribution in [0.3, 0.4) is 0 Å². The maximum Gasteiger partial charge on any atom is 0.132 e. The van der Waals surface area contributed by atoms with Crippen molar-refractivity contribution < 1.29 is 9.59 Å². The molecule has 0 radical (unpaired) electrons. The minimum Gasteiger partial charge on any atom is -0.303 e. The molecule has 0 aliphatic rings. The highest BCUT2D eigenvalue weighted by Crippen LogP contribution is 1.92. The van der Waals surface area contributed by atoms with Crippen LogP contribution in [-0.4, -0.2) is 12.1 Å². The van der Waals surface area contributed by atoms with Crippen molar-refractivity contribution in [3.8, 4) is 0 Å². The fourth-order valence-electron chi connectivity index (χ4n) is 0.192. The third kappa shape index (κ3) is 16.2. The average Bonchev–Trinajstić information content (AvgIpc) is 1.87. The highest BCUT2D eigenvalue weighted by atomic mass is 16.1. The number of carbonyl (C=O) groups excluding carboxylic acids is 2.